The number of aromatic nitrogens is 1. The maximum absolute atomic E-state index is 13.0. The number of nitrogens with one attached hydrogen (secondary N) is 1. The second-order valence-corrected chi connectivity index (χ2v) is 11.2. The second-order valence-electron chi connectivity index (χ2n) is 7.11. The lowest BCUT2D eigenvalue weighted by Gasteiger charge is -2.25. The van der Waals surface area contributed by atoms with E-state index in [1.807, 2.05) is 36.4 Å². The fraction of sp³-hybridized carbons (Fsp3) is 0.273. The first-order chi connectivity index (χ1) is 15.5. The minimum Gasteiger partial charge on any atom is -0.489 e. The third-order valence-corrected chi connectivity index (χ3v) is 8.85. The Labute approximate surface area is 195 Å². The highest BCUT2D eigenvalue weighted by atomic mass is 32.2. The quantitative estimate of drug-likeness (QED) is 0.522. The Balaban J connectivity index is 1.35. The summed E-state index contributed by atoms with van der Waals surface area (Å²) >= 11 is 2.88. The molecule has 1 aliphatic rings. The molecule has 168 valence electrons. The van der Waals surface area contributed by atoms with Gasteiger partial charge in [-0.3, -0.25) is 9.78 Å². The predicted molar refractivity (Wildman–Crippen MR) is 127 cm³/mol. The van der Waals surface area contributed by atoms with Crippen LogP contribution in [-0.4, -0.2) is 48.2 Å². The van der Waals surface area contributed by atoms with Crippen LogP contribution in [0.1, 0.15) is 20.8 Å². The Bertz CT molecular complexity index is 1140. The number of carbonyl (C=O) groups excluding carboxylic acids is 1. The van der Waals surface area contributed by atoms with Crippen LogP contribution in [-0.2, 0) is 23.2 Å². The number of pyridine rings is 1. The molecule has 3 aromatic rings. The number of nitrogens with zero attached hydrogens (tertiary/aromatic N) is 2. The van der Waals surface area contributed by atoms with E-state index in [0.717, 1.165) is 39.7 Å². The highest BCUT2D eigenvalue weighted by molar-refractivity contribution is 7.99. The zero-order valence-electron chi connectivity index (χ0n) is 17.3. The van der Waals surface area contributed by atoms with Crippen molar-refractivity contribution in [3.05, 3.63) is 76.2 Å². The molecule has 0 unspecified atom stereocenters. The van der Waals surface area contributed by atoms with E-state index in [-0.39, 0.29) is 15.7 Å². The lowest BCUT2D eigenvalue weighted by Crippen LogP contribution is -2.38. The second kappa shape index (κ2) is 10.5. The number of benzene rings is 1. The van der Waals surface area contributed by atoms with Gasteiger partial charge in [0.2, 0.25) is 10.0 Å². The first kappa shape index (κ1) is 22.8. The normalized spacial score (nSPS) is 14.8. The fourth-order valence-corrected chi connectivity index (χ4v) is 7.10. The van der Waals surface area contributed by atoms with Gasteiger partial charge >= 0.3 is 0 Å². The topological polar surface area (TPSA) is 88.6 Å². The van der Waals surface area contributed by atoms with E-state index in [1.165, 1.54) is 10.4 Å². The molecule has 1 fully saturated rings. The number of thioether (sulfide) groups is 1. The zero-order valence-corrected chi connectivity index (χ0v) is 19.7. The van der Waals surface area contributed by atoms with Gasteiger partial charge in [0.1, 0.15) is 22.1 Å². The molecular formula is C22H23N3O4S3. The van der Waals surface area contributed by atoms with Crippen molar-refractivity contribution in [3.8, 4) is 5.75 Å². The van der Waals surface area contributed by atoms with Gasteiger partial charge in [-0.05, 0) is 35.2 Å². The fourth-order valence-electron chi connectivity index (χ4n) is 3.21. The third kappa shape index (κ3) is 5.50. The van der Waals surface area contributed by atoms with Gasteiger partial charge < -0.3 is 10.1 Å². The molecule has 0 spiro atoms. The highest BCUT2D eigenvalue weighted by Crippen LogP contribution is 2.27. The Morgan fingerprint density at radius 3 is 2.59 bits per heavy atom. The summed E-state index contributed by atoms with van der Waals surface area (Å²) in [6.07, 6.45) is 3.47. The summed E-state index contributed by atoms with van der Waals surface area (Å²) in [7, 11) is -3.66. The summed E-state index contributed by atoms with van der Waals surface area (Å²) in [6, 6.07) is 12.7. The summed E-state index contributed by atoms with van der Waals surface area (Å²) in [5.41, 5.74) is 1.87. The number of thiophene rings is 1. The number of amides is 1. The molecule has 0 atom stereocenters. The predicted octanol–water partition coefficient (Wildman–Crippen LogP) is 3.39. The molecule has 7 nitrogen and oxygen atoms in total. The van der Waals surface area contributed by atoms with Crippen molar-refractivity contribution in [3.63, 3.8) is 0 Å². The van der Waals surface area contributed by atoms with Crippen LogP contribution in [0.25, 0.3) is 0 Å². The largest absolute Gasteiger partial charge is 0.489 e. The SMILES string of the molecule is O=C(NCc1ccc(OCc2cccnc2)cc1)c1sccc1S(=O)(=O)N1CCSCC1. The summed E-state index contributed by atoms with van der Waals surface area (Å²) in [4.78, 5) is 17.1. The van der Waals surface area contributed by atoms with Crippen LogP contribution in [0.3, 0.4) is 0 Å². The average Bonchev–Trinajstić information content (AvgIpc) is 3.34. The number of rotatable bonds is 8. The summed E-state index contributed by atoms with van der Waals surface area (Å²) < 4.78 is 33.2. The van der Waals surface area contributed by atoms with Gasteiger partial charge in [0, 0.05) is 49.1 Å². The number of hydrogen-bond acceptors (Lipinski definition) is 7. The molecule has 1 saturated heterocycles. The van der Waals surface area contributed by atoms with Gasteiger partial charge in [-0.2, -0.15) is 16.1 Å². The Hall–Kier alpha value is -2.40. The molecule has 0 radical (unpaired) electrons. The monoisotopic (exact) mass is 489 g/mol. The van der Waals surface area contributed by atoms with Gasteiger partial charge in [0.15, 0.2) is 0 Å². The third-order valence-electron chi connectivity index (χ3n) is 4.93. The molecule has 3 heterocycles. The zero-order chi connectivity index (χ0) is 22.4. The maximum atomic E-state index is 13.0. The first-order valence-electron chi connectivity index (χ1n) is 10.1. The molecule has 10 heteroatoms. The summed E-state index contributed by atoms with van der Waals surface area (Å²) in [5.74, 6) is 1.87. The van der Waals surface area contributed by atoms with Crippen LogP contribution in [0, 0.1) is 0 Å². The van der Waals surface area contributed by atoms with E-state index in [2.05, 4.69) is 10.3 Å². The summed E-state index contributed by atoms with van der Waals surface area (Å²) in [5, 5.41) is 4.48. The van der Waals surface area contributed by atoms with Crippen molar-refractivity contribution in [2.45, 2.75) is 18.0 Å². The highest BCUT2D eigenvalue weighted by Gasteiger charge is 2.31. The molecule has 1 aliphatic heterocycles. The minimum atomic E-state index is -3.66. The van der Waals surface area contributed by atoms with Gasteiger partial charge in [0.05, 0.1) is 0 Å². The molecule has 32 heavy (non-hydrogen) atoms. The van der Waals surface area contributed by atoms with Crippen LogP contribution in [0.5, 0.6) is 5.75 Å². The number of ether oxygens (including phenoxy) is 1. The van der Waals surface area contributed by atoms with Crippen molar-refractivity contribution in [2.24, 2.45) is 0 Å². The standard InChI is InChI=1S/C22H23N3O4S3/c26-22(21-20(7-11-31-21)32(27,28)25-9-12-30-13-10-25)24-15-17-3-5-19(6-4-17)29-16-18-2-1-8-23-14-18/h1-8,11,14H,9-10,12-13,15-16H2,(H,24,26). The van der Waals surface area contributed by atoms with E-state index in [9.17, 15) is 13.2 Å². The van der Waals surface area contributed by atoms with Gasteiger partial charge in [-0.25, -0.2) is 8.42 Å². The maximum Gasteiger partial charge on any atom is 0.263 e. The van der Waals surface area contributed by atoms with Crippen molar-refractivity contribution in [1.29, 1.82) is 0 Å². The molecule has 0 saturated carbocycles. The van der Waals surface area contributed by atoms with Crippen LogP contribution in [0.4, 0.5) is 0 Å². The van der Waals surface area contributed by atoms with Crippen LogP contribution >= 0.6 is 23.1 Å². The van der Waals surface area contributed by atoms with Crippen LogP contribution < -0.4 is 10.1 Å². The number of sulfonamides is 1. The average molecular weight is 490 g/mol. The van der Waals surface area contributed by atoms with Gasteiger partial charge in [-0.1, -0.05) is 18.2 Å². The van der Waals surface area contributed by atoms with E-state index in [1.54, 1.807) is 29.5 Å². The van der Waals surface area contributed by atoms with Crippen molar-refractivity contribution in [1.82, 2.24) is 14.6 Å². The lowest BCUT2D eigenvalue weighted by molar-refractivity contribution is 0.0952. The smallest absolute Gasteiger partial charge is 0.263 e. The molecule has 4 rings (SSSR count). The van der Waals surface area contributed by atoms with E-state index in [0.29, 0.717) is 26.2 Å². The Kier molecular flexibility index (Phi) is 7.46. The van der Waals surface area contributed by atoms with Crippen LogP contribution in [0.2, 0.25) is 0 Å². The van der Waals surface area contributed by atoms with E-state index in [4.69, 9.17) is 4.74 Å². The van der Waals surface area contributed by atoms with Gasteiger partial charge in [0.25, 0.3) is 5.91 Å². The molecule has 1 aromatic carbocycles. The molecule has 0 bridgehead atoms. The van der Waals surface area contributed by atoms with Crippen LogP contribution in [0.15, 0.2) is 65.1 Å². The Morgan fingerprint density at radius 2 is 1.88 bits per heavy atom. The Morgan fingerprint density at radius 1 is 1.09 bits per heavy atom. The molecular weight excluding hydrogens is 466 g/mol. The van der Waals surface area contributed by atoms with Crippen molar-refractivity contribution < 1.29 is 17.9 Å². The first-order valence-corrected chi connectivity index (χ1v) is 13.6. The van der Waals surface area contributed by atoms with E-state index >= 15 is 0 Å². The van der Waals surface area contributed by atoms with Gasteiger partial charge in [-0.15, -0.1) is 11.3 Å². The molecule has 1 amide bonds. The van der Waals surface area contributed by atoms with Crippen molar-refractivity contribution >= 4 is 39.0 Å². The van der Waals surface area contributed by atoms with E-state index < -0.39 is 10.0 Å². The summed E-state index contributed by atoms with van der Waals surface area (Å²) in [6.45, 7) is 1.66. The molecule has 2 aromatic heterocycles. The number of hydrogen-bond donors (Lipinski definition) is 1. The number of carbonyl (C=O) groups is 1. The molecule has 0 aliphatic carbocycles. The lowest BCUT2D eigenvalue weighted by atomic mass is 10.2. The van der Waals surface area contributed by atoms with Crippen molar-refractivity contribution in [2.75, 3.05) is 24.6 Å². The minimum absolute atomic E-state index is 0.0889. The molecule has 1 N–H and O–H groups in total.